The second-order valence-electron chi connectivity index (χ2n) is 7.62. The zero-order valence-corrected chi connectivity index (χ0v) is 17.7. The molecule has 32 heavy (non-hydrogen) atoms. The first-order chi connectivity index (χ1) is 15.3. The van der Waals surface area contributed by atoms with Gasteiger partial charge in [-0.2, -0.15) is 0 Å². The summed E-state index contributed by atoms with van der Waals surface area (Å²) >= 11 is 0. The van der Waals surface area contributed by atoms with Gasteiger partial charge in [0.05, 0.1) is 20.3 Å². The highest BCUT2D eigenvalue weighted by Crippen LogP contribution is 2.41. The van der Waals surface area contributed by atoms with Crippen LogP contribution in [-0.4, -0.2) is 43.4 Å². The fourth-order valence-corrected chi connectivity index (χ4v) is 4.32. The number of nitrogens with one attached hydrogen (secondary N) is 1. The molecular weight excluding hydrogens is 425 g/mol. The molecule has 2 heterocycles. The number of H-pyrrole nitrogens is 1. The van der Waals surface area contributed by atoms with Gasteiger partial charge in [0.2, 0.25) is 6.41 Å². The lowest BCUT2D eigenvalue weighted by Gasteiger charge is -2.35. The van der Waals surface area contributed by atoms with Crippen LogP contribution >= 0.6 is 0 Å². The van der Waals surface area contributed by atoms with Crippen molar-refractivity contribution in [3.63, 3.8) is 0 Å². The second-order valence-corrected chi connectivity index (χ2v) is 7.62. The quantitative estimate of drug-likeness (QED) is 0.529. The fraction of sp³-hybridized carbons (Fsp3) is 0.348. The number of ether oxygens (including phenoxy) is 3. The molecule has 170 valence electrons. The molecule has 0 radical (unpaired) electrons. The van der Waals surface area contributed by atoms with Gasteiger partial charge in [0.15, 0.2) is 11.5 Å². The summed E-state index contributed by atoms with van der Waals surface area (Å²) in [7, 11) is 2.90. The Kier molecular flexibility index (Phi) is 5.90. The Morgan fingerprint density at radius 1 is 1.16 bits per heavy atom. The van der Waals surface area contributed by atoms with Gasteiger partial charge in [-0.15, -0.1) is 13.2 Å². The van der Waals surface area contributed by atoms with Crippen molar-refractivity contribution >= 4 is 17.3 Å². The lowest BCUT2D eigenvalue weighted by Crippen LogP contribution is -2.35. The number of aromatic nitrogens is 1. The molecule has 9 heteroatoms. The van der Waals surface area contributed by atoms with E-state index in [0.717, 1.165) is 34.2 Å². The minimum atomic E-state index is -4.85. The number of amides is 1. The molecule has 1 aliphatic heterocycles. The number of methoxy groups -OCH3 is 2. The van der Waals surface area contributed by atoms with Crippen LogP contribution in [0.2, 0.25) is 0 Å². The molecule has 0 fully saturated rings. The first-order valence-electron chi connectivity index (χ1n) is 10.1. The van der Waals surface area contributed by atoms with Gasteiger partial charge in [-0.1, -0.05) is 0 Å². The zero-order valence-electron chi connectivity index (χ0n) is 17.7. The van der Waals surface area contributed by atoms with Crippen LogP contribution in [0.4, 0.5) is 13.2 Å². The topological polar surface area (TPSA) is 63.8 Å². The number of carbonyl (C=O) groups excluding carboxylic acids is 1. The molecule has 6 nitrogen and oxygen atoms in total. The summed E-state index contributed by atoms with van der Waals surface area (Å²) in [4.78, 5) is 16.6. The van der Waals surface area contributed by atoms with Crippen molar-refractivity contribution in [1.29, 1.82) is 0 Å². The highest BCUT2D eigenvalue weighted by Gasteiger charge is 2.35. The Morgan fingerprint density at radius 2 is 1.97 bits per heavy atom. The third-order valence-corrected chi connectivity index (χ3v) is 5.85. The van der Waals surface area contributed by atoms with Crippen LogP contribution in [0.25, 0.3) is 10.9 Å². The maximum Gasteiger partial charge on any atom is 0.573 e. The van der Waals surface area contributed by atoms with Crippen LogP contribution in [0, 0.1) is 0 Å². The van der Waals surface area contributed by atoms with Crippen LogP contribution in [0.15, 0.2) is 36.5 Å². The van der Waals surface area contributed by atoms with Gasteiger partial charge in [0.25, 0.3) is 0 Å². The van der Waals surface area contributed by atoms with Crippen molar-refractivity contribution in [3.8, 4) is 17.2 Å². The minimum absolute atomic E-state index is 0.0168. The third kappa shape index (κ3) is 4.32. The normalized spacial score (nSPS) is 16.0. The van der Waals surface area contributed by atoms with E-state index in [2.05, 4.69) is 9.72 Å². The molecule has 1 aromatic heterocycles. The predicted octanol–water partition coefficient (Wildman–Crippen LogP) is 4.77. The Hall–Kier alpha value is -3.36. The number of carbonyl (C=O) groups is 1. The van der Waals surface area contributed by atoms with Crippen LogP contribution in [-0.2, 0) is 17.6 Å². The van der Waals surface area contributed by atoms with Crippen LogP contribution in [0.3, 0.4) is 0 Å². The summed E-state index contributed by atoms with van der Waals surface area (Å²) in [6.07, 6.45) is -0.515. The van der Waals surface area contributed by atoms with Crippen LogP contribution in [0.1, 0.15) is 29.2 Å². The largest absolute Gasteiger partial charge is 0.573 e. The van der Waals surface area contributed by atoms with Gasteiger partial charge in [0.1, 0.15) is 5.75 Å². The Balaban J connectivity index is 1.66. The smallest absolute Gasteiger partial charge is 0.497 e. The van der Waals surface area contributed by atoms with Gasteiger partial charge >= 0.3 is 6.36 Å². The monoisotopic (exact) mass is 448 g/mol. The van der Waals surface area contributed by atoms with Crippen molar-refractivity contribution < 1.29 is 32.2 Å². The van der Waals surface area contributed by atoms with E-state index in [4.69, 9.17) is 9.47 Å². The Morgan fingerprint density at radius 3 is 2.66 bits per heavy atom. The van der Waals surface area contributed by atoms with Crippen molar-refractivity contribution in [3.05, 3.63) is 53.2 Å². The molecule has 1 aliphatic rings. The minimum Gasteiger partial charge on any atom is -0.497 e. The molecule has 0 bridgehead atoms. The van der Waals surface area contributed by atoms with Gasteiger partial charge in [0, 0.05) is 23.6 Å². The molecule has 1 atom stereocenters. The molecule has 1 amide bonds. The summed E-state index contributed by atoms with van der Waals surface area (Å²) in [5.74, 6) is 0.341. The van der Waals surface area contributed by atoms with Crippen molar-refractivity contribution in [2.45, 2.75) is 31.7 Å². The second kappa shape index (κ2) is 8.64. The van der Waals surface area contributed by atoms with E-state index in [-0.39, 0.29) is 11.8 Å². The van der Waals surface area contributed by atoms with Crippen molar-refractivity contribution in [2.24, 2.45) is 0 Å². The average Bonchev–Trinajstić information content (AvgIpc) is 3.17. The molecule has 0 saturated carbocycles. The average molecular weight is 448 g/mol. The number of aromatic amines is 1. The summed E-state index contributed by atoms with van der Waals surface area (Å²) < 4.78 is 53.4. The maximum absolute atomic E-state index is 12.9. The third-order valence-electron chi connectivity index (χ3n) is 5.85. The van der Waals surface area contributed by atoms with E-state index in [0.29, 0.717) is 31.4 Å². The van der Waals surface area contributed by atoms with Gasteiger partial charge in [-0.3, -0.25) is 4.79 Å². The molecule has 2 aromatic carbocycles. The Bertz CT molecular complexity index is 1130. The van der Waals surface area contributed by atoms with E-state index in [1.54, 1.807) is 18.1 Å². The molecule has 0 spiro atoms. The summed E-state index contributed by atoms with van der Waals surface area (Å²) in [5, 5.41) is 1.01. The molecule has 4 rings (SSSR count). The van der Waals surface area contributed by atoms with E-state index in [1.165, 1.54) is 13.2 Å². The lowest BCUT2D eigenvalue weighted by atomic mass is 9.88. The molecule has 0 saturated heterocycles. The number of rotatable bonds is 7. The number of alkyl halides is 3. The summed E-state index contributed by atoms with van der Waals surface area (Å²) in [6, 6.07) is 8.27. The molecule has 1 unspecified atom stereocenters. The summed E-state index contributed by atoms with van der Waals surface area (Å²) in [5.41, 5.74) is 3.49. The van der Waals surface area contributed by atoms with E-state index >= 15 is 0 Å². The lowest BCUT2D eigenvalue weighted by molar-refractivity contribution is -0.275. The summed E-state index contributed by atoms with van der Waals surface area (Å²) in [6.45, 7) is 0.478. The predicted molar refractivity (Wildman–Crippen MR) is 112 cm³/mol. The SMILES string of the molecule is COc1ccc2[nH]cc(CCC3c4cc(OC(F)(F)F)c(OC)cc4CCN3C=O)c2c1. The number of nitrogens with zero attached hydrogens (tertiary/aromatic N) is 1. The van der Waals surface area contributed by atoms with Gasteiger partial charge in [-0.25, -0.2) is 0 Å². The molecule has 1 N–H and O–H groups in total. The van der Waals surface area contributed by atoms with Crippen molar-refractivity contribution in [2.75, 3.05) is 20.8 Å². The van der Waals surface area contributed by atoms with Gasteiger partial charge < -0.3 is 24.1 Å². The van der Waals surface area contributed by atoms with Gasteiger partial charge in [-0.05, 0) is 66.3 Å². The highest BCUT2D eigenvalue weighted by atomic mass is 19.4. The van der Waals surface area contributed by atoms with Crippen molar-refractivity contribution in [1.82, 2.24) is 9.88 Å². The number of fused-ring (bicyclic) bond motifs is 2. The first kappa shape index (κ1) is 21.9. The molecular formula is C23H23F3N2O4. The van der Waals surface area contributed by atoms with E-state index < -0.39 is 12.1 Å². The van der Waals surface area contributed by atoms with E-state index in [9.17, 15) is 18.0 Å². The first-order valence-corrected chi connectivity index (χ1v) is 10.1. The molecule has 0 aliphatic carbocycles. The number of hydrogen-bond acceptors (Lipinski definition) is 4. The molecule has 3 aromatic rings. The zero-order chi connectivity index (χ0) is 22.9. The number of aryl methyl sites for hydroxylation is 1. The fourth-order valence-electron chi connectivity index (χ4n) is 4.32. The Labute approximate surface area is 182 Å². The van der Waals surface area contributed by atoms with Crippen LogP contribution < -0.4 is 14.2 Å². The van der Waals surface area contributed by atoms with Crippen LogP contribution in [0.5, 0.6) is 17.2 Å². The highest BCUT2D eigenvalue weighted by molar-refractivity contribution is 5.84. The number of hydrogen-bond donors (Lipinski definition) is 1. The van der Waals surface area contributed by atoms with E-state index in [1.807, 2.05) is 24.4 Å². The number of halogens is 3. The maximum atomic E-state index is 12.9. The standard InChI is InChI=1S/C23H23F3N2O4/c1-30-16-4-5-19-17(10-16)15(12-27-19)3-6-20-18-11-22(32-23(24,25)26)21(31-2)9-14(18)7-8-28(20)13-29/h4-5,9-13,20,27H,3,6-8H2,1-2H3. The number of benzene rings is 2.